The molecular weight excluding hydrogens is 376 g/mol. The lowest BCUT2D eigenvalue weighted by Crippen LogP contribution is -2.12. The number of rotatable bonds is 4. The number of allylic oxidation sites excluding steroid dienone is 1. The van der Waals surface area contributed by atoms with Crippen molar-refractivity contribution in [1.29, 1.82) is 0 Å². The number of benzene rings is 1. The van der Waals surface area contributed by atoms with E-state index < -0.39 is 9.84 Å². The van der Waals surface area contributed by atoms with Gasteiger partial charge in [-0.1, -0.05) is 17.3 Å². The summed E-state index contributed by atoms with van der Waals surface area (Å²) < 4.78 is 30.3. The maximum Gasteiger partial charge on any atom is 0.223 e. The van der Waals surface area contributed by atoms with Crippen molar-refractivity contribution >= 4 is 9.84 Å². The largest absolute Gasteiger partial charge is 0.480 e. The zero-order valence-electron chi connectivity index (χ0n) is 15.8. The number of pyridine rings is 1. The molecule has 3 heterocycles. The van der Waals surface area contributed by atoms with Crippen molar-refractivity contribution in [2.24, 2.45) is 0 Å². The number of methoxy groups -OCH3 is 1. The molecule has 28 heavy (non-hydrogen) atoms. The molecule has 0 spiro atoms. The van der Waals surface area contributed by atoms with Gasteiger partial charge in [-0.3, -0.25) is 0 Å². The van der Waals surface area contributed by atoms with Crippen molar-refractivity contribution in [3.05, 3.63) is 59.1 Å². The van der Waals surface area contributed by atoms with E-state index in [1.807, 2.05) is 18.2 Å². The van der Waals surface area contributed by atoms with Gasteiger partial charge in [0.25, 0.3) is 0 Å². The van der Waals surface area contributed by atoms with Gasteiger partial charge in [-0.2, -0.15) is 0 Å². The molecule has 1 aromatic carbocycles. The Balaban J connectivity index is 1.67. The molecule has 0 saturated carbocycles. The van der Waals surface area contributed by atoms with Crippen LogP contribution >= 0.6 is 0 Å². The average molecular weight is 396 g/mol. The number of hydrogen-bond donors (Lipinski definition) is 0. The molecule has 7 nitrogen and oxygen atoms in total. The summed E-state index contributed by atoms with van der Waals surface area (Å²) >= 11 is 0. The molecule has 1 atom stereocenters. The van der Waals surface area contributed by atoms with Crippen molar-refractivity contribution in [3.8, 4) is 28.4 Å². The number of aromatic nitrogens is 4. The smallest absolute Gasteiger partial charge is 0.223 e. The summed E-state index contributed by atoms with van der Waals surface area (Å²) in [6.45, 7) is 4.14. The first kappa shape index (κ1) is 18.4. The van der Waals surface area contributed by atoms with Gasteiger partial charge in [-0.05, 0) is 49.2 Å². The third-order valence-electron chi connectivity index (χ3n) is 4.89. The van der Waals surface area contributed by atoms with E-state index in [2.05, 4.69) is 41.3 Å². The molecular formula is C20H20N4O3S. The molecule has 0 N–H and O–H groups in total. The molecule has 0 fully saturated rings. The SMILES string of the molecule is COc1nc(-c2ccc(C)c(C)c2)ccc1-c1cn([C@H]2C=CS(=O)(=O)C2)nn1. The molecule has 3 aromatic rings. The van der Waals surface area contributed by atoms with Crippen molar-refractivity contribution in [1.82, 2.24) is 20.0 Å². The predicted octanol–water partition coefficient (Wildman–Crippen LogP) is 3.12. The number of aryl methyl sites for hydroxylation is 2. The van der Waals surface area contributed by atoms with Crippen LogP contribution in [0, 0.1) is 13.8 Å². The molecule has 1 aliphatic heterocycles. The van der Waals surface area contributed by atoms with Crippen molar-refractivity contribution in [2.75, 3.05) is 12.9 Å². The van der Waals surface area contributed by atoms with E-state index in [1.54, 1.807) is 24.1 Å². The molecule has 0 unspecified atom stereocenters. The standard InChI is InChI=1S/C20H20N4O3S/c1-13-4-5-15(10-14(13)2)18-7-6-17(20(21-18)27-3)19-11-24(23-22-19)16-8-9-28(25,26)12-16/h4-11,16H,12H2,1-3H3/t16-/m0/s1. The average Bonchev–Trinajstić information content (AvgIpc) is 3.30. The Morgan fingerprint density at radius 3 is 2.61 bits per heavy atom. The molecule has 0 bridgehead atoms. The van der Waals surface area contributed by atoms with E-state index in [9.17, 15) is 8.42 Å². The Morgan fingerprint density at radius 1 is 1.11 bits per heavy atom. The van der Waals surface area contributed by atoms with Crippen LogP contribution in [0.5, 0.6) is 5.88 Å². The topological polar surface area (TPSA) is 87.0 Å². The van der Waals surface area contributed by atoms with Gasteiger partial charge in [0.05, 0.1) is 36.4 Å². The van der Waals surface area contributed by atoms with E-state index in [0.717, 1.165) is 11.3 Å². The Bertz CT molecular complexity index is 1180. The molecule has 0 radical (unpaired) electrons. The summed E-state index contributed by atoms with van der Waals surface area (Å²) in [6.07, 6.45) is 3.33. The minimum atomic E-state index is -3.16. The normalized spacial score (nSPS) is 17.8. The van der Waals surface area contributed by atoms with Gasteiger partial charge >= 0.3 is 0 Å². The van der Waals surface area contributed by atoms with Gasteiger partial charge in [-0.25, -0.2) is 18.1 Å². The van der Waals surface area contributed by atoms with Crippen LogP contribution in [-0.4, -0.2) is 41.3 Å². The molecule has 0 saturated heterocycles. The van der Waals surface area contributed by atoms with Crippen LogP contribution < -0.4 is 4.74 Å². The molecule has 144 valence electrons. The van der Waals surface area contributed by atoms with Crippen LogP contribution in [0.1, 0.15) is 17.2 Å². The molecule has 0 amide bonds. The summed E-state index contributed by atoms with van der Waals surface area (Å²) in [5.74, 6) is 0.439. The Kier molecular flexibility index (Phi) is 4.50. The van der Waals surface area contributed by atoms with Crippen LogP contribution in [-0.2, 0) is 9.84 Å². The maximum atomic E-state index is 11.6. The Hall–Kier alpha value is -3.00. The first-order valence-electron chi connectivity index (χ1n) is 8.82. The second-order valence-electron chi connectivity index (χ2n) is 6.86. The highest BCUT2D eigenvalue weighted by molar-refractivity contribution is 7.94. The molecule has 4 rings (SSSR count). The quantitative estimate of drug-likeness (QED) is 0.673. The van der Waals surface area contributed by atoms with Crippen molar-refractivity contribution in [2.45, 2.75) is 19.9 Å². The van der Waals surface area contributed by atoms with E-state index in [-0.39, 0.29) is 11.8 Å². The van der Waals surface area contributed by atoms with Gasteiger partial charge in [0.1, 0.15) is 5.69 Å². The first-order chi connectivity index (χ1) is 13.4. The van der Waals surface area contributed by atoms with Crippen LogP contribution in [0.15, 0.2) is 48.0 Å². The van der Waals surface area contributed by atoms with Gasteiger partial charge in [0, 0.05) is 11.0 Å². The fraction of sp³-hybridized carbons (Fsp3) is 0.250. The van der Waals surface area contributed by atoms with Crippen LogP contribution in [0.25, 0.3) is 22.5 Å². The van der Waals surface area contributed by atoms with E-state index >= 15 is 0 Å². The minimum Gasteiger partial charge on any atom is -0.480 e. The summed E-state index contributed by atoms with van der Waals surface area (Å²) in [4.78, 5) is 4.63. The first-order valence-corrected chi connectivity index (χ1v) is 10.5. The number of ether oxygens (including phenoxy) is 1. The lowest BCUT2D eigenvalue weighted by atomic mass is 10.0. The second kappa shape index (κ2) is 6.87. The Morgan fingerprint density at radius 2 is 1.93 bits per heavy atom. The second-order valence-corrected chi connectivity index (χ2v) is 8.79. The molecule has 1 aliphatic rings. The number of nitrogens with zero attached hydrogens (tertiary/aromatic N) is 4. The fourth-order valence-corrected chi connectivity index (χ4v) is 4.41. The molecule has 2 aromatic heterocycles. The van der Waals surface area contributed by atoms with Gasteiger partial charge < -0.3 is 4.74 Å². The Labute approximate surface area is 163 Å². The number of sulfone groups is 1. The lowest BCUT2D eigenvalue weighted by molar-refractivity contribution is 0.400. The minimum absolute atomic E-state index is 0.00308. The summed E-state index contributed by atoms with van der Waals surface area (Å²) in [7, 11) is -1.60. The lowest BCUT2D eigenvalue weighted by Gasteiger charge is -2.09. The van der Waals surface area contributed by atoms with Gasteiger partial charge in [0.2, 0.25) is 5.88 Å². The highest BCUT2D eigenvalue weighted by Gasteiger charge is 2.25. The van der Waals surface area contributed by atoms with Gasteiger partial charge in [-0.15, -0.1) is 5.10 Å². The van der Waals surface area contributed by atoms with E-state index in [0.29, 0.717) is 17.1 Å². The third kappa shape index (κ3) is 3.43. The van der Waals surface area contributed by atoms with Gasteiger partial charge in [0.15, 0.2) is 9.84 Å². The molecule has 8 heteroatoms. The zero-order chi connectivity index (χ0) is 19.9. The van der Waals surface area contributed by atoms with Crippen LogP contribution in [0.2, 0.25) is 0 Å². The predicted molar refractivity (Wildman–Crippen MR) is 107 cm³/mol. The summed E-state index contributed by atoms with van der Waals surface area (Å²) in [5, 5.41) is 9.49. The fourth-order valence-electron chi connectivity index (χ4n) is 3.14. The van der Waals surface area contributed by atoms with Crippen LogP contribution in [0.3, 0.4) is 0 Å². The van der Waals surface area contributed by atoms with E-state index in [4.69, 9.17) is 4.74 Å². The third-order valence-corrected chi connectivity index (χ3v) is 6.27. The highest BCUT2D eigenvalue weighted by atomic mass is 32.2. The maximum absolute atomic E-state index is 11.6. The van der Waals surface area contributed by atoms with Crippen LogP contribution in [0.4, 0.5) is 0 Å². The van der Waals surface area contributed by atoms with E-state index in [1.165, 1.54) is 16.5 Å². The monoisotopic (exact) mass is 396 g/mol. The van der Waals surface area contributed by atoms with Crippen molar-refractivity contribution < 1.29 is 13.2 Å². The highest BCUT2D eigenvalue weighted by Crippen LogP contribution is 2.31. The zero-order valence-corrected chi connectivity index (χ0v) is 16.6. The number of hydrogen-bond acceptors (Lipinski definition) is 6. The summed E-state index contributed by atoms with van der Waals surface area (Å²) in [5.41, 5.74) is 5.52. The summed E-state index contributed by atoms with van der Waals surface area (Å²) in [6, 6.07) is 9.67. The van der Waals surface area contributed by atoms with Crippen molar-refractivity contribution in [3.63, 3.8) is 0 Å². The molecule has 0 aliphatic carbocycles.